The first kappa shape index (κ1) is 12.6. The Balaban J connectivity index is 1.80. The van der Waals surface area contributed by atoms with Crippen LogP contribution in [0, 0.1) is 0 Å². The fourth-order valence-corrected chi connectivity index (χ4v) is 1.86. The molecule has 1 aromatic carbocycles. The second kappa shape index (κ2) is 5.17. The monoisotopic (exact) mass is 236 g/mol. The Morgan fingerprint density at radius 2 is 2.06 bits per heavy atom. The van der Waals surface area contributed by atoms with E-state index in [0.29, 0.717) is 13.2 Å². The first-order valence-corrected chi connectivity index (χ1v) is 6.04. The van der Waals surface area contributed by atoms with Crippen molar-refractivity contribution in [2.45, 2.75) is 45.4 Å². The van der Waals surface area contributed by atoms with Crippen molar-refractivity contribution in [3.8, 4) is 0 Å². The molecule has 94 valence electrons. The molecule has 0 aromatic heterocycles. The minimum Gasteiger partial charge on any atom is -0.371 e. The third-order valence-corrected chi connectivity index (χ3v) is 2.91. The van der Waals surface area contributed by atoms with Crippen molar-refractivity contribution in [2.75, 3.05) is 6.61 Å². The molecule has 0 aliphatic carbocycles. The Bertz CT molecular complexity index is 348. The highest BCUT2D eigenvalue weighted by molar-refractivity contribution is 5.13. The van der Waals surface area contributed by atoms with Crippen LogP contribution in [0.3, 0.4) is 0 Å². The summed E-state index contributed by atoms with van der Waals surface area (Å²) in [5.41, 5.74) is 1.18. The van der Waals surface area contributed by atoms with Crippen LogP contribution in [0.4, 0.5) is 0 Å². The molecule has 1 aromatic rings. The third kappa shape index (κ3) is 3.53. The molecular weight excluding hydrogens is 216 g/mol. The Hall–Kier alpha value is -0.900. The highest BCUT2D eigenvalue weighted by atomic mass is 16.7. The van der Waals surface area contributed by atoms with Crippen LogP contribution >= 0.6 is 0 Å². The number of benzene rings is 1. The first-order chi connectivity index (χ1) is 8.07. The third-order valence-electron chi connectivity index (χ3n) is 2.91. The average molecular weight is 236 g/mol. The predicted molar refractivity (Wildman–Crippen MR) is 65.6 cm³/mol. The van der Waals surface area contributed by atoms with Gasteiger partial charge >= 0.3 is 0 Å². The lowest BCUT2D eigenvalue weighted by Crippen LogP contribution is -2.30. The molecule has 1 saturated heterocycles. The largest absolute Gasteiger partial charge is 0.371 e. The van der Waals surface area contributed by atoms with Gasteiger partial charge in [-0.15, -0.1) is 0 Å². The van der Waals surface area contributed by atoms with Gasteiger partial charge in [-0.1, -0.05) is 30.3 Å². The van der Waals surface area contributed by atoms with Gasteiger partial charge in [-0.05, 0) is 26.3 Å². The Labute approximate surface area is 103 Å². The van der Waals surface area contributed by atoms with Crippen molar-refractivity contribution < 1.29 is 14.2 Å². The second-order valence-corrected chi connectivity index (χ2v) is 4.87. The van der Waals surface area contributed by atoms with Gasteiger partial charge in [-0.2, -0.15) is 0 Å². The Morgan fingerprint density at radius 3 is 2.65 bits per heavy atom. The lowest BCUT2D eigenvalue weighted by atomic mass is 10.2. The SMILES string of the molecule is CC(OCc1ccccc1)[C@H]1COC(C)(C)O1. The van der Waals surface area contributed by atoms with Crippen molar-refractivity contribution in [1.29, 1.82) is 0 Å². The fourth-order valence-electron chi connectivity index (χ4n) is 1.86. The molecule has 1 unspecified atom stereocenters. The Kier molecular flexibility index (Phi) is 3.82. The molecule has 0 bridgehead atoms. The van der Waals surface area contributed by atoms with E-state index in [4.69, 9.17) is 14.2 Å². The summed E-state index contributed by atoms with van der Waals surface area (Å²) in [6.07, 6.45) is 0.0608. The van der Waals surface area contributed by atoms with Gasteiger partial charge in [-0.3, -0.25) is 0 Å². The summed E-state index contributed by atoms with van der Waals surface area (Å²) in [5.74, 6) is -0.477. The normalized spacial score (nSPS) is 24.8. The van der Waals surface area contributed by atoms with Crippen molar-refractivity contribution in [1.82, 2.24) is 0 Å². The van der Waals surface area contributed by atoms with Gasteiger partial charge in [0.15, 0.2) is 5.79 Å². The molecule has 1 heterocycles. The lowest BCUT2D eigenvalue weighted by Gasteiger charge is -2.21. The lowest BCUT2D eigenvalue weighted by molar-refractivity contribution is -0.155. The van der Waals surface area contributed by atoms with Gasteiger partial charge in [0.05, 0.1) is 19.3 Å². The molecule has 17 heavy (non-hydrogen) atoms. The highest BCUT2D eigenvalue weighted by Crippen LogP contribution is 2.25. The smallest absolute Gasteiger partial charge is 0.163 e. The maximum atomic E-state index is 5.80. The summed E-state index contributed by atoms with van der Waals surface area (Å²) in [6.45, 7) is 7.09. The molecule has 3 nitrogen and oxygen atoms in total. The van der Waals surface area contributed by atoms with Crippen LogP contribution in [-0.4, -0.2) is 24.6 Å². The van der Waals surface area contributed by atoms with Crippen LogP contribution in [0.5, 0.6) is 0 Å². The molecular formula is C14H20O3. The topological polar surface area (TPSA) is 27.7 Å². The number of rotatable bonds is 4. The molecule has 0 saturated carbocycles. The summed E-state index contributed by atoms with van der Waals surface area (Å²) >= 11 is 0. The van der Waals surface area contributed by atoms with Gasteiger partial charge in [-0.25, -0.2) is 0 Å². The zero-order valence-electron chi connectivity index (χ0n) is 10.7. The van der Waals surface area contributed by atoms with Gasteiger partial charge in [0.1, 0.15) is 6.10 Å². The van der Waals surface area contributed by atoms with Gasteiger partial charge in [0.25, 0.3) is 0 Å². The summed E-state index contributed by atoms with van der Waals surface area (Å²) < 4.78 is 17.1. The highest BCUT2D eigenvalue weighted by Gasteiger charge is 2.36. The molecule has 1 aliphatic heterocycles. The van der Waals surface area contributed by atoms with E-state index >= 15 is 0 Å². The molecule has 0 amide bonds. The standard InChI is InChI=1S/C14H20O3/c1-11(13-10-16-14(2,3)17-13)15-9-12-7-5-4-6-8-12/h4-8,11,13H,9-10H2,1-3H3/t11?,13-/m1/s1. The molecule has 1 aliphatic rings. The van der Waals surface area contributed by atoms with E-state index in [0.717, 1.165) is 0 Å². The summed E-state index contributed by atoms with van der Waals surface area (Å²) in [4.78, 5) is 0. The molecule has 0 spiro atoms. The molecule has 0 radical (unpaired) electrons. The second-order valence-electron chi connectivity index (χ2n) is 4.87. The maximum Gasteiger partial charge on any atom is 0.163 e. The molecule has 2 rings (SSSR count). The van der Waals surface area contributed by atoms with Crippen LogP contribution in [-0.2, 0) is 20.8 Å². The van der Waals surface area contributed by atoms with E-state index in [1.807, 2.05) is 39.0 Å². The van der Waals surface area contributed by atoms with Gasteiger partial charge in [0.2, 0.25) is 0 Å². The van der Waals surface area contributed by atoms with Crippen LogP contribution < -0.4 is 0 Å². The zero-order chi connectivity index (χ0) is 12.3. The minimum atomic E-state index is -0.477. The molecule has 0 N–H and O–H groups in total. The van der Waals surface area contributed by atoms with E-state index in [9.17, 15) is 0 Å². The van der Waals surface area contributed by atoms with E-state index in [-0.39, 0.29) is 12.2 Å². The van der Waals surface area contributed by atoms with Crippen LogP contribution in [0.1, 0.15) is 26.3 Å². The summed E-state index contributed by atoms with van der Waals surface area (Å²) in [5, 5.41) is 0. The van der Waals surface area contributed by atoms with Crippen molar-refractivity contribution in [3.05, 3.63) is 35.9 Å². The van der Waals surface area contributed by atoms with Gasteiger partial charge < -0.3 is 14.2 Å². The molecule has 3 heteroatoms. The summed E-state index contributed by atoms with van der Waals surface area (Å²) in [6, 6.07) is 10.2. The van der Waals surface area contributed by atoms with Crippen molar-refractivity contribution in [2.24, 2.45) is 0 Å². The van der Waals surface area contributed by atoms with E-state index < -0.39 is 5.79 Å². The Morgan fingerprint density at radius 1 is 1.35 bits per heavy atom. The first-order valence-electron chi connectivity index (χ1n) is 6.04. The van der Waals surface area contributed by atoms with E-state index in [1.54, 1.807) is 0 Å². The number of hydrogen-bond donors (Lipinski definition) is 0. The van der Waals surface area contributed by atoms with Gasteiger partial charge in [0, 0.05) is 0 Å². The van der Waals surface area contributed by atoms with Crippen LogP contribution in [0.15, 0.2) is 30.3 Å². The minimum absolute atomic E-state index is 0.0220. The molecule has 1 fully saturated rings. The number of hydrogen-bond acceptors (Lipinski definition) is 3. The van der Waals surface area contributed by atoms with Crippen LogP contribution in [0.25, 0.3) is 0 Å². The zero-order valence-corrected chi connectivity index (χ0v) is 10.7. The molecule has 2 atom stereocenters. The predicted octanol–water partition coefficient (Wildman–Crippen LogP) is 2.74. The summed E-state index contributed by atoms with van der Waals surface area (Å²) in [7, 11) is 0. The van der Waals surface area contributed by atoms with E-state index in [1.165, 1.54) is 5.56 Å². The van der Waals surface area contributed by atoms with Crippen LogP contribution in [0.2, 0.25) is 0 Å². The fraction of sp³-hybridized carbons (Fsp3) is 0.571. The van der Waals surface area contributed by atoms with Crippen molar-refractivity contribution in [3.63, 3.8) is 0 Å². The van der Waals surface area contributed by atoms with E-state index in [2.05, 4.69) is 12.1 Å². The average Bonchev–Trinajstić information content (AvgIpc) is 2.68. The quantitative estimate of drug-likeness (QED) is 0.804. The number of ether oxygens (including phenoxy) is 3. The maximum absolute atomic E-state index is 5.80. The van der Waals surface area contributed by atoms with Crippen molar-refractivity contribution >= 4 is 0 Å².